The Morgan fingerprint density at radius 3 is 1.02 bits per heavy atom. The number of methoxy groups -OCH3 is 2. The van der Waals surface area contributed by atoms with E-state index in [0.29, 0.717) is 53.4 Å². The molecular formula is C91H120BCl6LiN12NaO18. The van der Waals surface area contributed by atoms with Crippen molar-refractivity contribution in [2.45, 2.75) is 239 Å². The maximum atomic E-state index is 13.7. The predicted octanol–water partition coefficient (Wildman–Crippen LogP) is 9.52. The van der Waals surface area contributed by atoms with Crippen molar-refractivity contribution in [2.24, 2.45) is 28.6 Å². The molecule has 9 fully saturated rings. The van der Waals surface area contributed by atoms with Gasteiger partial charge in [-0.2, -0.15) is 0 Å². The van der Waals surface area contributed by atoms with Crippen LogP contribution in [0.4, 0.5) is 17.1 Å². The number of carboxylic acids is 1. The molecule has 15 rings (SSSR count). The van der Waals surface area contributed by atoms with Gasteiger partial charge in [-0.3, -0.25) is 63.6 Å². The Morgan fingerprint density at radius 1 is 0.500 bits per heavy atom. The summed E-state index contributed by atoms with van der Waals surface area (Å²) in [5, 5.41) is 38.3. The number of hydrogen-bond acceptors (Lipinski definition) is 23. The van der Waals surface area contributed by atoms with Crippen LogP contribution in [0, 0.1) is 28.6 Å². The molecule has 9 heterocycles. The van der Waals surface area contributed by atoms with Crippen LogP contribution in [0.1, 0.15) is 213 Å². The van der Waals surface area contributed by atoms with Crippen molar-refractivity contribution in [2.75, 3.05) is 50.4 Å². The van der Waals surface area contributed by atoms with Gasteiger partial charge in [0.1, 0.15) is 24.4 Å². The molecule has 3 aliphatic carbocycles. The van der Waals surface area contributed by atoms with Crippen LogP contribution in [0.3, 0.4) is 0 Å². The molecule has 6 amide bonds. The van der Waals surface area contributed by atoms with Crippen molar-refractivity contribution in [1.29, 1.82) is 0 Å². The van der Waals surface area contributed by atoms with Crippen LogP contribution in [0.25, 0.3) is 0 Å². The average molecular weight is 1920 g/mol. The van der Waals surface area contributed by atoms with Gasteiger partial charge in [-0.25, -0.2) is 19.3 Å². The summed E-state index contributed by atoms with van der Waals surface area (Å²) < 4.78 is 13.6. The number of hydrogen-bond donors (Lipinski definition) is 9. The quantitative estimate of drug-likeness (QED) is 0.00802. The van der Waals surface area contributed by atoms with E-state index in [-0.39, 0.29) is 173 Å². The number of fused-ring (bicyclic) bond motifs is 9. The van der Waals surface area contributed by atoms with E-state index in [1.807, 2.05) is 20.8 Å². The number of aldehydes is 1. The maximum absolute atomic E-state index is 13.7. The monoisotopic (exact) mass is 1920 g/mol. The normalized spacial score (nSPS) is 19.6. The van der Waals surface area contributed by atoms with Gasteiger partial charge in [0.25, 0.3) is 17.7 Å². The molecule has 130 heavy (non-hydrogen) atoms. The fraction of sp³-hybridized carbons (Fsp3) is 0.516. The molecule has 3 aromatic heterocycles. The van der Waals surface area contributed by atoms with Crippen LogP contribution < -0.4 is 85.6 Å². The van der Waals surface area contributed by atoms with Crippen LogP contribution in [-0.4, -0.2) is 203 Å². The zero-order chi connectivity index (χ0) is 94.0. The van der Waals surface area contributed by atoms with Gasteiger partial charge in [0.15, 0.2) is 0 Å². The summed E-state index contributed by atoms with van der Waals surface area (Å²) in [5.41, 5.74) is 4.62. The molecule has 3 aromatic carbocycles. The molecule has 10 N–H and O–H groups in total. The number of piperidine rings is 6. The van der Waals surface area contributed by atoms with Gasteiger partial charge < -0.3 is 74.8 Å². The minimum Gasteiger partial charge on any atom is -0.870 e. The number of halogens is 6. The fourth-order valence-corrected chi connectivity index (χ4v) is 17.7. The summed E-state index contributed by atoms with van der Waals surface area (Å²) in [6.45, 7) is 22.0. The third-order valence-electron chi connectivity index (χ3n) is 22.5. The minimum atomic E-state index is -1.08. The fourth-order valence-electron chi connectivity index (χ4n) is 16.1. The zero-order valence-corrected chi connectivity index (χ0v) is 83.1. The summed E-state index contributed by atoms with van der Waals surface area (Å²) in [5.74, 6) is -3.54. The number of nitrogens with one attached hydrogen (secondary N) is 7. The van der Waals surface area contributed by atoms with Crippen molar-refractivity contribution >= 4 is 160 Å². The second kappa shape index (κ2) is 58.0. The first-order chi connectivity index (χ1) is 60.3. The topological polar surface area (TPSA) is 425 Å². The van der Waals surface area contributed by atoms with E-state index < -0.39 is 59.7 Å². The number of esters is 2. The zero-order valence-electron chi connectivity index (χ0n) is 76.6. The Labute approximate surface area is 827 Å². The number of aromatic nitrogens is 3. The molecule has 39 heteroatoms. The summed E-state index contributed by atoms with van der Waals surface area (Å²) in [6.07, 6.45) is 25.0. The number of amides is 6. The van der Waals surface area contributed by atoms with E-state index in [4.69, 9.17) is 84.3 Å². The number of rotatable bonds is 26. The van der Waals surface area contributed by atoms with Gasteiger partial charge in [-0.1, -0.05) is 168 Å². The van der Waals surface area contributed by atoms with E-state index in [0.717, 1.165) is 126 Å². The van der Waals surface area contributed by atoms with Crippen molar-refractivity contribution in [1.82, 2.24) is 46.0 Å². The van der Waals surface area contributed by atoms with E-state index in [2.05, 4.69) is 121 Å². The van der Waals surface area contributed by atoms with Gasteiger partial charge >= 0.3 is 66.3 Å². The Bertz CT molecular complexity index is 4580. The third kappa shape index (κ3) is 36.5. The van der Waals surface area contributed by atoms with E-state index >= 15 is 0 Å². The number of carbonyl (C=O) groups is 11. The molecule has 3 saturated carbocycles. The first-order valence-corrected chi connectivity index (χ1v) is 44.8. The van der Waals surface area contributed by atoms with Crippen LogP contribution in [-0.2, 0) is 76.6 Å². The second-order valence-corrected chi connectivity index (χ2v) is 36.3. The summed E-state index contributed by atoms with van der Waals surface area (Å²) in [4.78, 5) is 153. The number of benzene rings is 3. The first kappa shape index (κ1) is 117. The van der Waals surface area contributed by atoms with Crippen LogP contribution in [0.2, 0.25) is 30.1 Å². The van der Waals surface area contributed by atoms with Gasteiger partial charge in [0.2, 0.25) is 23.7 Å². The van der Waals surface area contributed by atoms with Crippen LogP contribution in [0.5, 0.6) is 0 Å². The molecule has 6 atom stereocenters. The Hall–Kier alpha value is -7.36. The Morgan fingerprint density at radius 2 is 0.769 bits per heavy atom. The van der Waals surface area contributed by atoms with Gasteiger partial charge in [-0.15, -0.1) is 0 Å². The molecule has 6 saturated heterocycles. The summed E-state index contributed by atoms with van der Waals surface area (Å²) in [6, 6.07) is 18.5. The molecular weight excluding hydrogens is 1800 g/mol. The molecule has 6 aliphatic heterocycles. The molecule has 30 nitrogen and oxygen atoms in total. The van der Waals surface area contributed by atoms with Gasteiger partial charge in [0, 0.05) is 105 Å². The van der Waals surface area contributed by atoms with E-state index in [9.17, 15) is 57.8 Å². The van der Waals surface area contributed by atoms with Crippen molar-refractivity contribution in [3.8, 4) is 0 Å². The van der Waals surface area contributed by atoms with Gasteiger partial charge in [0.05, 0.1) is 86.3 Å². The number of anilines is 3. The number of pyridine rings is 3. The number of carbonyl (C=O) groups excluding carboxylic acids is 10. The van der Waals surface area contributed by atoms with Crippen molar-refractivity contribution in [3.63, 3.8) is 0 Å². The van der Waals surface area contributed by atoms with Crippen molar-refractivity contribution in [3.05, 3.63) is 173 Å². The minimum absolute atomic E-state index is 0. The predicted molar refractivity (Wildman–Crippen MR) is 495 cm³/mol. The first-order valence-electron chi connectivity index (χ1n) is 42.5. The molecule has 6 aromatic rings. The van der Waals surface area contributed by atoms with Crippen molar-refractivity contribution < 1.29 is 136 Å². The number of carboxylic acid groups (broad SMARTS) is 1. The third-order valence-corrected chi connectivity index (χ3v) is 24.2. The number of nitrogens with zero attached hydrogens (tertiary/aromatic N) is 5. The smallest absolute Gasteiger partial charge is 0.870 e. The van der Waals surface area contributed by atoms with Crippen LogP contribution in [0.15, 0.2) is 110 Å². The van der Waals surface area contributed by atoms with Gasteiger partial charge in [-0.05, 0) is 185 Å². The second-order valence-electron chi connectivity index (χ2n) is 33.8. The molecule has 0 unspecified atom stereocenters. The van der Waals surface area contributed by atoms with E-state index in [1.165, 1.54) is 65.4 Å². The summed E-state index contributed by atoms with van der Waals surface area (Å²) in [7, 11) is 8.13. The largest absolute Gasteiger partial charge is 1.00 e. The molecule has 3 radical (unpaired) electrons. The summed E-state index contributed by atoms with van der Waals surface area (Å²) >= 11 is 36.4. The Kier molecular flexibility index (Phi) is 52.2. The molecule has 699 valence electrons. The number of ether oxygens (including phenoxy) is 2. The molecule has 9 aliphatic rings. The molecule has 6 bridgehead atoms. The maximum Gasteiger partial charge on any atom is 1.00 e. The Balaban J connectivity index is 0.000000463. The average Bonchev–Trinajstić information content (AvgIpc) is 0.769. The number of aliphatic carboxylic acids is 1. The van der Waals surface area contributed by atoms with E-state index in [1.54, 1.807) is 72.8 Å². The SMILES string of the molecule is CC.CC(C)(C)CCN1C2CCC(CC2)[C@H]1C(=O)N[C@@H](Cc1ccc(NC(=O)c2c(Cl)cncc2Cl)cc1)C(=O)O.CCC=O.COC(=O)[C@H](Cc1ccc(NC(=O)c2c(Cl)cncc2Cl)cc1)NC(=O)[C@@H]1C2CCC(CC2)N1CCC(C)(C)C.COC(=O)[C@H](Cc1ccc(NC(=O)c2c(Cl)cncc2Cl)cc1)NC(=O)[C@H]1NC2CCC1CC2.COO.[B-]OC(C)=O.[Li+].[Na+].[OH-]. The standard InChI is InChI=1S/C30H38Cl2N4O4.C29H36Cl2N4O4.C24H26Cl2N4O4.C3H6O.C2H3BO2.C2H6.CH4O2.Li.Na.H2O/c1-30(2,3)13-14-36-21-11-7-19(8-12-21)26(36)28(38)35-24(29(39)40-4)15-18-5-9-20(10-6-18)34-27(37)25-22(31)16-33-17-23(25)32;1-29(2,3)12-13-35-20-10-6-18(7-11-20)25(35)27(37)34-23(28(38)39)14-17-4-8-19(9-5-17)33-26(36)24-21(30)15-32-16-22(24)31;1-34-24(33)19(30-23(32)21-14-4-8-15(28-21)9-5-14)10-13-2-6-16(7-3-13)29-22(31)20-17(25)11-27-12-18(20)26;1-2-3-4;1-2(4)5-3;1-2;1-3-2;;;/h5-6,9-10,16-17,19,21,24,26H,7-8,11-15H2,1-4H3,(H,34,37)(H,35,38);4-5,8-9,15-16,18,20,23,25H,6-7,10-14H2,1-3H3,(H,33,36)(H,34,37)(H,38,39);2-3,6-7,11-12,14-15,19,21,28H,4-5,8-10H2,1H3,(H,29,31)(H,30,32);3H,2H2,1H3;1H3;1-2H3;2H,1H3;;;1H2/q;;;;-1;;;2*+1;/p-1/t19?,21?,24-,26-;18?,20?,23-,25-;14?,15?,19-,21-;;;;;;;/m000......./s1. The van der Waals surface area contributed by atoms with Crippen LogP contribution >= 0.6 is 69.6 Å². The molecule has 0 spiro atoms.